The molecule has 0 spiro atoms. The Morgan fingerprint density at radius 1 is 1.33 bits per heavy atom. The van der Waals surface area contributed by atoms with Crippen LogP contribution in [0.5, 0.6) is 5.75 Å². The summed E-state index contributed by atoms with van der Waals surface area (Å²) < 4.78 is 0. The van der Waals surface area contributed by atoms with Crippen molar-refractivity contribution in [3.8, 4) is 5.75 Å². The molecule has 5 heteroatoms. The number of aromatic hydroxyl groups is 1. The van der Waals surface area contributed by atoms with Crippen molar-refractivity contribution in [3.05, 3.63) is 29.8 Å². The summed E-state index contributed by atoms with van der Waals surface area (Å²) in [4.78, 5) is 7.21. The summed E-state index contributed by atoms with van der Waals surface area (Å²) in [5, 5.41) is 16.4. The lowest BCUT2D eigenvalue weighted by molar-refractivity contribution is 0.187. The molecule has 1 fully saturated rings. The summed E-state index contributed by atoms with van der Waals surface area (Å²) in [7, 11) is 0. The van der Waals surface area contributed by atoms with Crippen LogP contribution in [0.4, 0.5) is 0 Å². The van der Waals surface area contributed by atoms with Gasteiger partial charge in [0, 0.05) is 32.2 Å². The molecule has 1 heterocycles. The smallest absolute Gasteiger partial charge is 0.191 e. The summed E-state index contributed by atoms with van der Waals surface area (Å²) in [6.45, 7) is 11.6. The molecule has 0 aliphatic carbocycles. The number of phenolic OH excluding ortho intramolecular Hbond substituents is 1. The highest BCUT2D eigenvalue weighted by Gasteiger charge is 2.20. The quantitative estimate of drug-likeness (QED) is 0.553. The molecule has 1 aromatic rings. The number of benzene rings is 1. The number of nitrogens with zero attached hydrogens (tertiary/aromatic N) is 2. The SMILES string of the molecule is CCNC(=NCc1cccc(O)c1)NC1CCN(CC(C)C)CC1. The maximum atomic E-state index is 9.55. The van der Waals surface area contributed by atoms with Gasteiger partial charge < -0.3 is 20.6 Å². The Morgan fingerprint density at radius 2 is 2.08 bits per heavy atom. The van der Waals surface area contributed by atoms with Crippen LogP contribution in [0.15, 0.2) is 29.3 Å². The zero-order valence-electron chi connectivity index (χ0n) is 15.3. The molecule has 5 nitrogen and oxygen atoms in total. The van der Waals surface area contributed by atoms with Crippen molar-refractivity contribution in [1.29, 1.82) is 0 Å². The number of hydrogen-bond acceptors (Lipinski definition) is 3. The van der Waals surface area contributed by atoms with Gasteiger partial charge in [-0.25, -0.2) is 4.99 Å². The van der Waals surface area contributed by atoms with Crippen molar-refractivity contribution >= 4 is 5.96 Å². The molecular formula is C19H32N4O. The van der Waals surface area contributed by atoms with Gasteiger partial charge in [-0.2, -0.15) is 0 Å². The average molecular weight is 332 g/mol. The second-order valence-electron chi connectivity index (χ2n) is 6.98. The molecule has 0 bridgehead atoms. The van der Waals surface area contributed by atoms with Crippen molar-refractivity contribution in [2.45, 2.75) is 46.2 Å². The average Bonchev–Trinajstić information content (AvgIpc) is 2.54. The molecule has 3 N–H and O–H groups in total. The third kappa shape index (κ3) is 6.40. The van der Waals surface area contributed by atoms with Crippen LogP contribution in [-0.2, 0) is 6.54 Å². The maximum absolute atomic E-state index is 9.55. The predicted octanol–water partition coefficient (Wildman–Crippen LogP) is 2.57. The van der Waals surface area contributed by atoms with Crippen LogP contribution < -0.4 is 10.6 Å². The fraction of sp³-hybridized carbons (Fsp3) is 0.632. The summed E-state index contributed by atoms with van der Waals surface area (Å²) in [6.07, 6.45) is 2.31. The Balaban J connectivity index is 1.86. The van der Waals surface area contributed by atoms with E-state index in [-0.39, 0.29) is 5.75 Å². The molecule has 24 heavy (non-hydrogen) atoms. The van der Waals surface area contributed by atoms with E-state index in [2.05, 4.69) is 41.3 Å². The second-order valence-corrected chi connectivity index (χ2v) is 6.98. The van der Waals surface area contributed by atoms with E-state index in [0.29, 0.717) is 12.6 Å². The van der Waals surface area contributed by atoms with Crippen LogP contribution in [0.3, 0.4) is 0 Å². The van der Waals surface area contributed by atoms with E-state index in [9.17, 15) is 5.11 Å². The van der Waals surface area contributed by atoms with Gasteiger partial charge >= 0.3 is 0 Å². The first kappa shape index (κ1) is 18.6. The first-order valence-electron chi connectivity index (χ1n) is 9.12. The Labute approximate surface area is 146 Å². The molecule has 0 atom stereocenters. The normalized spacial score (nSPS) is 17.2. The molecule has 1 aliphatic rings. The summed E-state index contributed by atoms with van der Waals surface area (Å²) in [5.41, 5.74) is 1.01. The fourth-order valence-corrected chi connectivity index (χ4v) is 3.11. The second kappa shape index (κ2) is 9.52. The number of guanidine groups is 1. The maximum Gasteiger partial charge on any atom is 0.191 e. The predicted molar refractivity (Wildman–Crippen MR) is 100 cm³/mol. The molecule has 0 saturated carbocycles. The lowest BCUT2D eigenvalue weighted by Crippen LogP contribution is -2.49. The van der Waals surface area contributed by atoms with Crippen LogP contribution in [0.25, 0.3) is 0 Å². The van der Waals surface area contributed by atoms with Gasteiger partial charge in [0.15, 0.2) is 5.96 Å². The van der Waals surface area contributed by atoms with Crippen molar-refractivity contribution in [2.75, 3.05) is 26.2 Å². The Bertz CT molecular complexity index is 522. The molecular weight excluding hydrogens is 300 g/mol. The van der Waals surface area contributed by atoms with E-state index in [1.807, 2.05) is 12.1 Å². The van der Waals surface area contributed by atoms with Gasteiger partial charge in [0.1, 0.15) is 5.75 Å². The van der Waals surface area contributed by atoms with Gasteiger partial charge in [-0.05, 0) is 43.4 Å². The molecule has 1 saturated heterocycles. The lowest BCUT2D eigenvalue weighted by atomic mass is 10.0. The van der Waals surface area contributed by atoms with Crippen molar-refractivity contribution in [1.82, 2.24) is 15.5 Å². The zero-order valence-corrected chi connectivity index (χ0v) is 15.3. The van der Waals surface area contributed by atoms with Crippen LogP contribution in [0.1, 0.15) is 39.2 Å². The zero-order chi connectivity index (χ0) is 17.4. The number of rotatable bonds is 6. The molecule has 1 aliphatic heterocycles. The number of hydrogen-bond donors (Lipinski definition) is 3. The number of nitrogens with one attached hydrogen (secondary N) is 2. The summed E-state index contributed by atoms with van der Waals surface area (Å²) in [5.74, 6) is 1.89. The molecule has 1 aromatic carbocycles. The van der Waals surface area contributed by atoms with E-state index >= 15 is 0 Å². The Kier molecular flexibility index (Phi) is 7.37. The highest BCUT2D eigenvalue weighted by Crippen LogP contribution is 2.13. The van der Waals surface area contributed by atoms with Crippen molar-refractivity contribution < 1.29 is 5.11 Å². The third-order valence-electron chi connectivity index (χ3n) is 4.23. The Hall–Kier alpha value is -1.75. The standard InChI is InChI=1S/C19H32N4O/c1-4-20-19(21-13-16-6-5-7-18(24)12-16)22-17-8-10-23(11-9-17)14-15(2)3/h5-7,12,15,17,24H,4,8-11,13-14H2,1-3H3,(H2,20,21,22). The monoisotopic (exact) mass is 332 g/mol. The van der Waals surface area contributed by atoms with Gasteiger partial charge in [0.2, 0.25) is 0 Å². The van der Waals surface area contributed by atoms with Gasteiger partial charge in [0.05, 0.1) is 6.54 Å². The van der Waals surface area contributed by atoms with E-state index in [1.54, 1.807) is 12.1 Å². The number of likely N-dealkylation sites (tertiary alicyclic amines) is 1. The minimum absolute atomic E-state index is 0.290. The molecule has 0 amide bonds. The van der Waals surface area contributed by atoms with Gasteiger partial charge in [-0.15, -0.1) is 0 Å². The van der Waals surface area contributed by atoms with Crippen LogP contribution >= 0.6 is 0 Å². The van der Waals surface area contributed by atoms with Gasteiger partial charge in [0.25, 0.3) is 0 Å². The minimum Gasteiger partial charge on any atom is -0.508 e. The molecule has 134 valence electrons. The van der Waals surface area contributed by atoms with Crippen LogP contribution in [0.2, 0.25) is 0 Å². The van der Waals surface area contributed by atoms with E-state index in [4.69, 9.17) is 0 Å². The van der Waals surface area contributed by atoms with E-state index in [0.717, 1.165) is 49.9 Å². The van der Waals surface area contributed by atoms with Crippen LogP contribution in [0, 0.1) is 5.92 Å². The van der Waals surface area contributed by atoms with Crippen molar-refractivity contribution in [2.24, 2.45) is 10.9 Å². The fourth-order valence-electron chi connectivity index (χ4n) is 3.11. The largest absolute Gasteiger partial charge is 0.508 e. The first-order valence-corrected chi connectivity index (χ1v) is 9.12. The number of phenols is 1. The minimum atomic E-state index is 0.290. The highest BCUT2D eigenvalue weighted by molar-refractivity contribution is 5.80. The summed E-state index contributed by atoms with van der Waals surface area (Å²) in [6, 6.07) is 7.76. The van der Waals surface area contributed by atoms with E-state index in [1.165, 1.54) is 6.54 Å². The first-order chi connectivity index (χ1) is 11.6. The van der Waals surface area contributed by atoms with Gasteiger partial charge in [-0.3, -0.25) is 0 Å². The summed E-state index contributed by atoms with van der Waals surface area (Å²) >= 11 is 0. The van der Waals surface area contributed by atoms with Crippen molar-refractivity contribution in [3.63, 3.8) is 0 Å². The van der Waals surface area contributed by atoms with E-state index < -0.39 is 0 Å². The lowest BCUT2D eigenvalue weighted by Gasteiger charge is -2.34. The molecule has 0 aromatic heterocycles. The molecule has 0 radical (unpaired) electrons. The topological polar surface area (TPSA) is 59.9 Å². The third-order valence-corrected chi connectivity index (χ3v) is 4.23. The highest BCUT2D eigenvalue weighted by atomic mass is 16.3. The molecule has 0 unspecified atom stereocenters. The number of aliphatic imine (C=N–C) groups is 1. The van der Waals surface area contributed by atoms with Gasteiger partial charge in [-0.1, -0.05) is 26.0 Å². The molecule has 2 rings (SSSR count). The Morgan fingerprint density at radius 3 is 2.71 bits per heavy atom. The number of piperidine rings is 1. The van der Waals surface area contributed by atoms with Crippen LogP contribution in [-0.4, -0.2) is 48.2 Å².